The van der Waals surface area contributed by atoms with Crippen molar-refractivity contribution in [3.63, 3.8) is 0 Å². The molecule has 2 amide bonds. The molecule has 0 spiro atoms. The maximum Gasteiger partial charge on any atom is 0.233 e. The molecule has 1 saturated carbocycles. The summed E-state index contributed by atoms with van der Waals surface area (Å²) in [4.78, 5) is 25.9. The van der Waals surface area contributed by atoms with Crippen molar-refractivity contribution >= 4 is 11.8 Å². The lowest BCUT2D eigenvalue weighted by Gasteiger charge is -2.28. The fourth-order valence-electron chi connectivity index (χ4n) is 3.11. The van der Waals surface area contributed by atoms with Gasteiger partial charge in [0.05, 0.1) is 11.8 Å². The highest BCUT2D eigenvalue weighted by molar-refractivity contribution is 6.05. The normalized spacial score (nSPS) is 36.2. The number of hydrogen-bond acceptors (Lipinski definition) is 3. The average molecular weight is 239 g/mol. The van der Waals surface area contributed by atoms with Crippen molar-refractivity contribution < 1.29 is 14.7 Å². The maximum atomic E-state index is 12.2. The average Bonchev–Trinajstić information content (AvgIpc) is 2.77. The van der Waals surface area contributed by atoms with Crippen molar-refractivity contribution in [3.05, 3.63) is 0 Å². The van der Waals surface area contributed by atoms with Crippen LogP contribution in [0.5, 0.6) is 0 Å². The molecule has 0 aromatic heterocycles. The topological polar surface area (TPSA) is 57.6 Å². The van der Waals surface area contributed by atoms with E-state index < -0.39 is 0 Å². The van der Waals surface area contributed by atoms with Crippen LogP contribution in [0.1, 0.15) is 33.6 Å². The first-order valence-corrected chi connectivity index (χ1v) is 6.45. The van der Waals surface area contributed by atoms with Crippen LogP contribution < -0.4 is 0 Å². The molecular weight excluding hydrogens is 218 g/mol. The number of fused-ring (bicyclic) bond motifs is 1. The van der Waals surface area contributed by atoms with E-state index in [1.807, 2.05) is 13.8 Å². The van der Waals surface area contributed by atoms with Crippen molar-refractivity contribution in [1.29, 1.82) is 0 Å². The summed E-state index contributed by atoms with van der Waals surface area (Å²) in [6.45, 7) is 5.82. The molecule has 17 heavy (non-hydrogen) atoms. The molecule has 4 heteroatoms. The Labute approximate surface area is 102 Å². The van der Waals surface area contributed by atoms with E-state index in [9.17, 15) is 9.59 Å². The fraction of sp³-hybridized carbons (Fsp3) is 0.846. The van der Waals surface area contributed by atoms with Crippen LogP contribution in [0, 0.1) is 23.7 Å². The van der Waals surface area contributed by atoms with Crippen molar-refractivity contribution in [2.24, 2.45) is 23.7 Å². The second kappa shape index (κ2) is 4.41. The summed E-state index contributed by atoms with van der Waals surface area (Å²) in [6, 6.07) is -0.194. The van der Waals surface area contributed by atoms with Crippen LogP contribution in [0.15, 0.2) is 0 Å². The van der Waals surface area contributed by atoms with Gasteiger partial charge in [0.15, 0.2) is 0 Å². The monoisotopic (exact) mass is 239 g/mol. The molecule has 1 N–H and O–H groups in total. The number of aliphatic hydroxyl groups excluding tert-OH is 1. The van der Waals surface area contributed by atoms with Gasteiger partial charge in [-0.25, -0.2) is 0 Å². The van der Waals surface area contributed by atoms with Crippen molar-refractivity contribution in [2.45, 2.75) is 39.7 Å². The summed E-state index contributed by atoms with van der Waals surface area (Å²) >= 11 is 0. The SMILES string of the molecule is CC1CC2C(=O)N(C(C)C(C)CO)C(=O)C2C1. The van der Waals surface area contributed by atoms with Gasteiger partial charge in [-0.2, -0.15) is 0 Å². The maximum absolute atomic E-state index is 12.2. The predicted molar refractivity (Wildman–Crippen MR) is 62.9 cm³/mol. The lowest BCUT2D eigenvalue weighted by molar-refractivity contribution is -0.144. The first-order valence-electron chi connectivity index (χ1n) is 6.45. The molecule has 2 fully saturated rings. The zero-order valence-corrected chi connectivity index (χ0v) is 10.7. The third-order valence-corrected chi connectivity index (χ3v) is 4.43. The van der Waals surface area contributed by atoms with Gasteiger partial charge in [-0.15, -0.1) is 0 Å². The number of carbonyl (C=O) groups is 2. The van der Waals surface area contributed by atoms with E-state index in [2.05, 4.69) is 6.92 Å². The van der Waals surface area contributed by atoms with Gasteiger partial charge in [0.2, 0.25) is 11.8 Å². The quantitative estimate of drug-likeness (QED) is 0.748. The van der Waals surface area contributed by atoms with Gasteiger partial charge in [0.25, 0.3) is 0 Å². The van der Waals surface area contributed by atoms with E-state index >= 15 is 0 Å². The zero-order chi connectivity index (χ0) is 12.7. The second-order valence-electron chi connectivity index (χ2n) is 5.74. The Morgan fingerprint density at radius 3 is 2.12 bits per heavy atom. The number of nitrogens with zero attached hydrogens (tertiary/aromatic N) is 1. The molecule has 2 aliphatic rings. The lowest BCUT2D eigenvalue weighted by atomic mass is 10.00. The Hall–Kier alpha value is -0.900. The highest BCUT2D eigenvalue weighted by atomic mass is 16.3. The number of likely N-dealkylation sites (tertiary alicyclic amines) is 1. The lowest BCUT2D eigenvalue weighted by Crippen LogP contribution is -2.44. The molecule has 4 unspecified atom stereocenters. The van der Waals surface area contributed by atoms with Gasteiger partial charge in [-0.3, -0.25) is 14.5 Å². The molecule has 2 rings (SSSR count). The number of aliphatic hydroxyl groups is 1. The number of rotatable bonds is 3. The van der Waals surface area contributed by atoms with Crippen LogP contribution in [0.3, 0.4) is 0 Å². The molecule has 96 valence electrons. The Morgan fingerprint density at radius 2 is 1.71 bits per heavy atom. The minimum Gasteiger partial charge on any atom is -0.396 e. The molecule has 0 aromatic rings. The number of imide groups is 1. The van der Waals surface area contributed by atoms with E-state index in [1.165, 1.54) is 4.90 Å². The van der Waals surface area contributed by atoms with E-state index in [-0.39, 0.29) is 42.2 Å². The minimum atomic E-state index is -0.194. The summed E-state index contributed by atoms with van der Waals surface area (Å²) in [6.07, 6.45) is 1.68. The van der Waals surface area contributed by atoms with Gasteiger partial charge in [-0.1, -0.05) is 13.8 Å². The van der Waals surface area contributed by atoms with Crippen LogP contribution in [0.2, 0.25) is 0 Å². The molecule has 4 atom stereocenters. The van der Waals surface area contributed by atoms with Crippen molar-refractivity contribution in [2.75, 3.05) is 6.61 Å². The number of hydrogen-bond donors (Lipinski definition) is 1. The molecule has 1 saturated heterocycles. The zero-order valence-electron chi connectivity index (χ0n) is 10.7. The first-order chi connectivity index (χ1) is 7.97. The van der Waals surface area contributed by atoms with Crippen LogP contribution in [0.4, 0.5) is 0 Å². The van der Waals surface area contributed by atoms with Gasteiger partial charge >= 0.3 is 0 Å². The molecule has 4 nitrogen and oxygen atoms in total. The van der Waals surface area contributed by atoms with Gasteiger partial charge < -0.3 is 5.11 Å². The van der Waals surface area contributed by atoms with E-state index in [0.29, 0.717) is 5.92 Å². The van der Waals surface area contributed by atoms with E-state index in [4.69, 9.17) is 5.11 Å². The molecule has 1 heterocycles. The standard InChI is InChI=1S/C13H21NO3/c1-7-4-10-11(5-7)13(17)14(12(10)16)9(3)8(2)6-15/h7-11,15H,4-6H2,1-3H3. The highest BCUT2D eigenvalue weighted by Crippen LogP contribution is 2.43. The molecule has 0 aromatic carbocycles. The smallest absolute Gasteiger partial charge is 0.233 e. The molecular formula is C13H21NO3. The van der Waals surface area contributed by atoms with Crippen LogP contribution in [-0.4, -0.2) is 34.5 Å². The summed E-state index contributed by atoms with van der Waals surface area (Å²) in [5, 5.41) is 9.13. The van der Waals surface area contributed by atoms with Gasteiger partial charge in [0, 0.05) is 12.6 Å². The molecule has 1 aliphatic carbocycles. The molecule has 0 radical (unpaired) electrons. The van der Waals surface area contributed by atoms with Gasteiger partial charge in [-0.05, 0) is 31.6 Å². The van der Waals surface area contributed by atoms with Crippen LogP contribution in [0.25, 0.3) is 0 Å². The number of carbonyl (C=O) groups excluding carboxylic acids is 2. The Balaban J connectivity index is 2.17. The first kappa shape index (κ1) is 12.6. The fourth-order valence-corrected chi connectivity index (χ4v) is 3.11. The van der Waals surface area contributed by atoms with Crippen molar-refractivity contribution in [3.8, 4) is 0 Å². The van der Waals surface area contributed by atoms with Gasteiger partial charge in [0.1, 0.15) is 0 Å². The Bertz CT molecular complexity index is 318. The number of amides is 2. The summed E-state index contributed by atoms with van der Waals surface area (Å²) in [7, 11) is 0. The molecule has 1 aliphatic heterocycles. The third kappa shape index (κ3) is 1.88. The predicted octanol–water partition coefficient (Wildman–Crippen LogP) is 1.03. The largest absolute Gasteiger partial charge is 0.396 e. The van der Waals surface area contributed by atoms with E-state index in [1.54, 1.807) is 0 Å². The summed E-state index contributed by atoms with van der Waals surface area (Å²) < 4.78 is 0. The molecule has 0 bridgehead atoms. The summed E-state index contributed by atoms with van der Waals surface area (Å²) in [5.74, 6) is 0.204. The minimum absolute atomic E-state index is 0.00393. The van der Waals surface area contributed by atoms with Crippen LogP contribution in [-0.2, 0) is 9.59 Å². The van der Waals surface area contributed by atoms with Crippen LogP contribution >= 0.6 is 0 Å². The van der Waals surface area contributed by atoms with E-state index in [0.717, 1.165) is 12.8 Å². The second-order valence-corrected chi connectivity index (χ2v) is 5.74. The Morgan fingerprint density at radius 1 is 1.24 bits per heavy atom. The third-order valence-electron chi connectivity index (χ3n) is 4.43. The summed E-state index contributed by atoms with van der Waals surface area (Å²) in [5.41, 5.74) is 0. The highest BCUT2D eigenvalue weighted by Gasteiger charge is 2.53. The van der Waals surface area contributed by atoms with Crippen molar-refractivity contribution in [1.82, 2.24) is 4.90 Å². The Kier molecular flexibility index (Phi) is 3.25.